The van der Waals surface area contributed by atoms with Crippen molar-refractivity contribution in [3.05, 3.63) is 85.2 Å². The number of hydrogen-bond acceptors (Lipinski definition) is 2. The van der Waals surface area contributed by atoms with Crippen LogP contribution >= 0.6 is 8.53 Å². The Bertz CT molecular complexity index is 585. The highest BCUT2D eigenvalue weighted by molar-refractivity contribution is 7.46. The lowest BCUT2D eigenvalue weighted by atomic mass is 10.3. The first-order chi connectivity index (χ1) is 9.92. The highest BCUT2D eigenvalue weighted by atomic mass is 31.2. The van der Waals surface area contributed by atoms with Gasteiger partial charge in [0.25, 0.3) is 0 Å². The molecule has 20 heavy (non-hydrogen) atoms. The second kappa shape index (κ2) is 6.27. The molecule has 0 aliphatic heterocycles. The summed E-state index contributed by atoms with van der Waals surface area (Å²) >= 11 is 0. The van der Waals surface area contributed by atoms with Gasteiger partial charge in [-0.25, -0.2) is 0 Å². The molecule has 1 aromatic heterocycles. The number of hydrogen-bond donors (Lipinski definition) is 0. The van der Waals surface area contributed by atoms with E-state index in [9.17, 15) is 0 Å². The van der Waals surface area contributed by atoms with Gasteiger partial charge in [-0.3, -0.25) is 4.34 Å². The second-order valence-corrected chi connectivity index (χ2v) is 5.41. The van der Waals surface area contributed by atoms with Crippen LogP contribution in [0.4, 0.5) is 0 Å². The van der Waals surface area contributed by atoms with Crippen LogP contribution in [0.5, 0.6) is 11.5 Å². The summed E-state index contributed by atoms with van der Waals surface area (Å²) in [5, 5.41) is 0. The van der Waals surface area contributed by atoms with Crippen LogP contribution in [0, 0.1) is 0 Å². The third-order valence-corrected chi connectivity index (χ3v) is 4.01. The van der Waals surface area contributed by atoms with Crippen molar-refractivity contribution < 1.29 is 9.05 Å². The van der Waals surface area contributed by atoms with Crippen LogP contribution in [0.15, 0.2) is 85.2 Å². The van der Waals surface area contributed by atoms with Gasteiger partial charge in [0.05, 0.1) is 0 Å². The molecular formula is C16H14NO2P. The van der Waals surface area contributed by atoms with E-state index in [4.69, 9.17) is 9.05 Å². The number of benzene rings is 2. The predicted molar refractivity (Wildman–Crippen MR) is 80.9 cm³/mol. The zero-order chi connectivity index (χ0) is 13.6. The third kappa shape index (κ3) is 3.19. The van der Waals surface area contributed by atoms with E-state index in [1.165, 1.54) is 0 Å². The third-order valence-electron chi connectivity index (χ3n) is 2.63. The van der Waals surface area contributed by atoms with Gasteiger partial charge in [0.15, 0.2) is 0 Å². The molecule has 0 bridgehead atoms. The molecule has 3 nitrogen and oxygen atoms in total. The Balaban J connectivity index is 1.81. The van der Waals surface area contributed by atoms with Crippen LogP contribution in [0.1, 0.15) is 0 Å². The molecule has 100 valence electrons. The maximum Gasteiger partial charge on any atom is 0.421 e. The Morgan fingerprint density at radius 2 is 1.05 bits per heavy atom. The zero-order valence-electron chi connectivity index (χ0n) is 10.8. The molecule has 0 N–H and O–H groups in total. The van der Waals surface area contributed by atoms with E-state index in [1.807, 2.05) is 89.5 Å². The summed E-state index contributed by atoms with van der Waals surface area (Å²) in [5.41, 5.74) is 0. The maximum absolute atomic E-state index is 5.97. The first-order valence-electron chi connectivity index (χ1n) is 6.31. The molecule has 0 fully saturated rings. The molecule has 0 atom stereocenters. The van der Waals surface area contributed by atoms with E-state index < -0.39 is 8.53 Å². The summed E-state index contributed by atoms with van der Waals surface area (Å²) < 4.78 is 13.9. The molecule has 2 aromatic carbocycles. The number of para-hydroxylation sites is 2. The number of aromatic nitrogens is 1. The van der Waals surface area contributed by atoms with Gasteiger partial charge in [-0.2, -0.15) is 0 Å². The van der Waals surface area contributed by atoms with E-state index in [1.54, 1.807) is 0 Å². The Kier molecular flexibility index (Phi) is 4.00. The van der Waals surface area contributed by atoms with Crippen LogP contribution in [0.25, 0.3) is 0 Å². The van der Waals surface area contributed by atoms with Gasteiger partial charge in [0.2, 0.25) is 0 Å². The fraction of sp³-hybridized carbons (Fsp3) is 0. The van der Waals surface area contributed by atoms with Gasteiger partial charge in [-0.15, -0.1) is 0 Å². The fourth-order valence-electron chi connectivity index (χ4n) is 1.69. The van der Waals surface area contributed by atoms with Crippen molar-refractivity contribution >= 4 is 8.53 Å². The lowest BCUT2D eigenvalue weighted by molar-refractivity contribution is 0.479. The molecule has 0 radical (unpaired) electrons. The molecule has 0 unspecified atom stereocenters. The molecule has 0 aliphatic rings. The van der Waals surface area contributed by atoms with Crippen molar-refractivity contribution in [1.29, 1.82) is 0 Å². The Hall–Kier alpha value is -2.25. The van der Waals surface area contributed by atoms with Crippen LogP contribution in [0.2, 0.25) is 0 Å². The quantitative estimate of drug-likeness (QED) is 0.632. The van der Waals surface area contributed by atoms with E-state index in [0.717, 1.165) is 11.5 Å². The lowest BCUT2D eigenvalue weighted by Gasteiger charge is -2.18. The van der Waals surface area contributed by atoms with Gasteiger partial charge >= 0.3 is 8.53 Å². The molecule has 0 amide bonds. The summed E-state index contributed by atoms with van der Waals surface area (Å²) in [5.74, 6) is 1.59. The monoisotopic (exact) mass is 283 g/mol. The predicted octanol–water partition coefficient (Wildman–Crippen LogP) is 4.72. The van der Waals surface area contributed by atoms with Gasteiger partial charge in [0, 0.05) is 12.4 Å². The summed E-state index contributed by atoms with van der Waals surface area (Å²) in [7, 11) is -1.25. The van der Waals surface area contributed by atoms with Crippen molar-refractivity contribution in [3.8, 4) is 11.5 Å². The van der Waals surface area contributed by atoms with Crippen molar-refractivity contribution in [2.24, 2.45) is 0 Å². The SMILES string of the molecule is c1ccc(OP(Oc2ccccc2)n2cccc2)cc1. The van der Waals surface area contributed by atoms with Gasteiger partial charge < -0.3 is 9.05 Å². The molecule has 0 saturated carbocycles. The fourth-order valence-corrected chi connectivity index (χ4v) is 2.89. The normalized spacial score (nSPS) is 10.4. The summed E-state index contributed by atoms with van der Waals surface area (Å²) in [6, 6.07) is 23.3. The van der Waals surface area contributed by atoms with Crippen molar-refractivity contribution in [2.45, 2.75) is 0 Å². The second-order valence-electron chi connectivity index (χ2n) is 4.11. The lowest BCUT2D eigenvalue weighted by Crippen LogP contribution is -2.02. The Morgan fingerprint density at radius 3 is 1.50 bits per heavy atom. The number of nitrogens with zero attached hydrogens (tertiary/aromatic N) is 1. The average molecular weight is 283 g/mol. The highest BCUT2D eigenvalue weighted by Crippen LogP contribution is 2.41. The van der Waals surface area contributed by atoms with Crippen LogP contribution in [0.3, 0.4) is 0 Å². The van der Waals surface area contributed by atoms with E-state index in [-0.39, 0.29) is 0 Å². The summed E-state index contributed by atoms with van der Waals surface area (Å²) in [6.45, 7) is 0. The largest absolute Gasteiger partial charge is 0.423 e. The highest BCUT2D eigenvalue weighted by Gasteiger charge is 2.16. The standard InChI is InChI=1S/C16H14NO2P/c1-3-9-15(10-4-1)18-20(17-13-7-8-14-17)19-16-11-5-2-6-12-16/h1-14H. The van der Waals surface area contributed by atoms with Crippen molar-refractivity contribution in [1.82, 2.24) is 4.34 Å². The van der Waals surface area contributed by atoms with Crippen molar-refractivity contribution in [2.75, 3.05) is 0 Å². The van der Waals surface area contributed by atoms with E-state index >= 15 is 0 Å². The Morgan fingerprint density at radius 1 is 0.600 bits per heavy atom. The minimum absolute atomic E-state index is 0.795. The van der Waals surface area contributed by atoms with Crippen LogP contribution in [-0.2, 0) is 0 Å². The first-order valence-corrected chi connectivity index (χ1v) is 7.44. The van der Waals surface area contributed by atoms with Crippen LogP contribution in [-0.4, -0.2) is 4.34 Å². The summed E-state index contributed by atoms with van der Waals surface area (Å²) in [6.07, 6.45) is 3.88. The molecular weight excluding hydrogens is 269 g/mol. The molecule has 4 heteroatoms. The van der Waals surface area contributed by atoms with Gasteiger partial charge in [-0.05, 0) is 36.4 Å². The minimum Gasteiger partial charge on any atom is -0.423 e. The maximum atomic E-state index is 5.97. The topological polar surface area (TPSA) is 23.4 Å². The molecule has 0 spiro atoms. The molecule has 0 aliphatic carbocycles. The van der Waals surface area contributed by atoms with Gasteiger partial charge in [-0.1, -0.05) is 36.4 Å². The van der Waals surface area contributed by atoms with Gasteiger partial charge in [0.1, 0.15) is 11.5 Å². The summed E-state index contributed by atoms with van der Waals surface area (Å²) in [4.78, 5) is 0. The number of rotatable bonds is 5. The molecule has 3 rings (SSSR count). The Labute approximate surface area is 119 Å². The minimum atomic E-state index is -1.25. The van der Waals surface area contributed by atoms with Crippen LogP contribution < -0.4 is 9.05 Å². The smallest absolute Gasteiger partial charge is 0.421 e. The van der Waals surface area contributed by atoms with Crippen molar-refractivity contribution in [3.63, 3.8) is 0 Å². The van der Waals surface area contributed by atoms with E-state index in [2.05, 4.69) is 0 Å². The average Bonchev–Trinajstić information content (AvgIpc) is 3.03. The molecule has 1 heterocycles. The van der Waals surface area contributed by atoms with E-state index in [0.29, 0.717) is 0 Å². The molecule has 0 saturated heterocycles. The molecule has 3 aromatic rings. The first kappa shape index (κ1) is 12.8. The zero-order valence-corrected chi connectivity index (χ0v) is 11.7.